The number of aromatic nitrogens is 2. The van der Waals surface area contributed by atoms with Crippen LogP contribution in [0.4, 0.5) is 5.82 Å². The Labute approximate surface area is 137 Å². The first kappa shape index (κ1) is 15.9. The van der Waals surface area contributed by atoms with Crippen LogP contribution in [0.3, 0.4) is 0 Å². The Morgan fingerprint density at radius 2 is 2.26 bits per heavy atom. The smallest absolute Gasteiger partial charge is 0.358 e. The monoisotopic (exact) mass is 337 g/mol. The molecule has 1 aromatic heterocycles. The van der Waals surface area contributed by atoms with Crippen molar-refractivity contribution in [1.29, 1.82) is 0 Å². The van der Waals surface area contributed by atoms with Crippen LogP contribution in [0.2, 0.25) is 5.02 Å². The summed E-state index contributed by atoms with van der Waals surface area (Å²) in [6, 6.07) is 7.36. The Hall–Kier alpha value is -1.96. The lowest BCUT2D eigenvalue weighted by atomic mass is 10.1. The normalized spacial score (nSPS) is 24.0. The van der Waals surface area contributed by atoms with Crippen molar-refractivity contribution in [3.05, 3.63) is 57.0 Å². The fraction of sp³-hybridized carbons (Fsp3) is 0.400. The average molecular weight is 338 g/mol. The van der Waals surface area contributed by atoms with Gasteiger partial charge >= 0.3 is 5.82 Å². The van der Waals surface area contributed by atoms with Gasteiger partial charge < -0.3 is 24.2 Å². The van der Waals surface area contributed by atoms with E-state index in [0.29, 0.717) is 24.0 Å². The van der Waals surface area contributed by atoms with E-state index in [1.54, 1.807) is 17.6 Å². The van der Waals surface area contributed by atoms with E-state index in [1.165, 1.54) is 6.20 Å². The number of hydrogen-bond donors (Lipinski definition) is 0. The topological polar surface area (TPSA) is 79.4 Å². The Balaban J connectivity index is 1.75. The molecule has 0 amide bonds. The lowest BCUT2D eigenvalue weighted by Crippen LogP contribution is -2.26. The molecule has 1 saturated heterocycles. The molecule has 122 valence electrons. The number of aryl methyl sites for hydroxylation is 1. The van der Waals surface area contributed by atoms with Gasteiger partial charge in [0.05, 0.1) is 13.2 Å². The van der Waals surface area contributed by atoms with Crippen molar-refractivity contribution < 1.29 is 14.4 Å². The zero-order valence-corrected chi connectivity index (χ0v) is 13.5. The summed E-state index contributed by atoms with van der Waals surface area (Å²) in [5.41, 5.74) is 0.762. The van der Waals surface area contributed by atoms with Crippen LogP contribution in [0.1, 0.15) is 18.3 Å². The van der Waals surface area contributed by atoms with Crippen molar-refractivity contribution >= 4 is 17.4 Å². The average Bonchev–Trinajstić information content (AvgIpc) is 3.05. The first-order valence-corrected chi connectivity index (χ1v) is 7.52. The van der Waals surface area contributed by atoms with Crippen molar-refractivity contribution in [2.75, 3.05) is 6.61 Å². The maximum Gasteiger partial charge on any atom is 0.381 e. The van der Waals surface area contributed by atoms with Gasteiger partial charge in [-0.1, -0.05) is 29.8 Å². The molecule has 0 bridgehead atoms. The third kappa shape index (κ3) is 3.08. The number of imidazole rings is 1. The van der Waals surface area contributed by atoms with E-state index >= 15 is 0 Å². The van der Waals surface area contributed by atoms with Gasteiger partial charge in [-0.15, -0.1) is 0 Å². The van der Waals surface area contributed by atoms with Gasteiger partial charge in [-0.2, -0.15) is 0 Å². The van der Waals surface area contributed by atoms with Gasteiger partial charge in [-0.05, 0) is 22.9 Å². The molecule has 2 heterocycles. The highest BCUT2D eigenvalue weighted by molar-refractivity contribution is 6.31. The third-order valence-electron chi connectivity index (χ3n) is 3.85. The molecule has 2 aromatic rings. The summed E-state index contributed by atoms with van der Waals surface area (Å²) in [5.74, 6) is -0.536. The molecule has 1 aliphatic rings. The van der Waals surface area contributed by atoms with Crippen molar-refractivity contribution in [3.63, 3.8) is 0 Å². The van der Waals surface area contributed by atoms with Crippen molar-refractivity contribution in [3.8, 4) is 0 Å². The highest BCUT2D eigenvalue weighted by Gasteiger charge is 2.40. The number of hydrogen-bond acceptors (Lipinski definition) is 5. The number of nitrogens with zero attached hydrogens (tertiary/aromatic N) is 3. The summed E-state index contributed by atoms with van der Waals surface area (Å²) in [7, 11) is 0. The molecule has 23 heavy (non-hydrogen) atoms. The SMILES string of the molecule is Cc1nc([N+](=O)[O-])cn1C[C@H]1CO[C@](C)(c2ccccc2Cl)O1. The predicted molar refractivity (Wildman–Crippen MR) is 83.2 cm³/mol. The Morgan fingerprint density at radius 1 is 1.52 bits per heavy atom. The Kier molecular flexibility index (Phi) is 4.09. The van der Waals surface area contributed by atoms with Crippen molar-refractivity contribution in [1.82, 2.24) is 9.55 Å². The van der Waals surface area contributed by atoms with Crippen LogP contribution in [0.15, 0.2) is 30.5 Å². The molecule has 3 rings (SSSR count). The number of ether oxygens (including phenoxy) is 2. The molecule has 0 aliphatic carbocycles. The fourth-order valence-corrected chi connectivity index (χ4v) is 2.99. The lowest BCUT2D eigenvalue weighted by molar-refractivity contribution is -0.389. The zero-order chi connectivity index (χ0) is 16.6. The van der Waals surface area contributed by atoms with E-state index in [9.17, 15) is 10.1 Å². The summed E-state index contributed by atoms with van der Waals surface area (Å²) in [4.78, 5) is 14.2. The van der Waals surface area contributed by atoms with E-state index in [-0.39, 0.29) is 11.9 Å². The standard InChI is InChI=1S/C15H16ClN3O4/c1-10-17-14(19(20)21)8-18(10)7-11-9-22-15(2,23-11)12-5-3-4-6-13(12)16/h3-6,8,11H,7,9H2,1-2H3/t11-,15-/m0/s1. The molecule has 8 heteroatoms. The van der Waals surface area contributed by atoms with E-state index in [2.05, 4.69) is 4.98 Å². The lowest BCUT2D eigenvalue weighted by Gasteiger charge is -2.24. The highest BCUT2D eigenvalue weighted by atomic mass is 35.5. The van der Waals surface area contributed by atoms with E-state index in [1.807, 2.05) is 25.1 Å². The van der Waals surface area contributed by atoms with Gasteiger partial charge in [-0.25, -0.2) is 0 Å². The molecule has 0 spiro atoms. The molecule has 7 nitrogen and oxygen atoms in total. The second-order valence-electron chi connectivity index (χ2n) is 5.53. The van der Waals surface area contributed by atoms with Gasteiger partial charge in [-0.3, -0.25) is 0 Å². The van der Waals surface area contributed by atoms with Gasteiger partial charge in [0.25, 0.3) is 0 Å². The van der Waals surface area contributed by atoms with Gasteiger partial charge in [0, 0.05) is 17.5 Å². The molecular formula is C15H16ClN3O4. The van der Waals surface area contributed by atoms with Crippen molar-refractivity contribution in [2.24, 2.45) is 0 Å². The molecule has 2 atom stereocenters. The molecular weight excluding hydrogens is 322 g/mol. The minimum absolute atomic E-state index is 0.171. The van der Waals surface area contributed by atoms with E-state index in [4.69, 9.17) is 21.1 Å². The van der Waals surface area contributed by atoms with Crippen LogP contribution in [0.25, 0.3) is 0 Å². The number of rotatable bonds is 4. The Bertz CT molecular complexity index is 748. The minimum atomic E-state index is -0.927. The largest absolute Gasteiger partial charge is 0.381 e. The maximum absolute atomic E-state index is 10.8. The van der Waals surface area contributed by atoms with Crippen molar-refractivity contribution in [2.45, 2.75) is 32.3 Å². The summed E-state index contributed by atoms with van der Waals surface area (Å²) in [5, 5.41) is 11.4. The minimum Gasteiger partial charge on any atom is -0.358 e. The second-order valence-corrected chi connectivity index (χ2v) is 5.94. The van der Waals surface area contributed by atoms with Crippen LogP contribution in [-0.4, -0.2) is 27.2 Å². The number of halogens is 1. The summed E-state index contributed by atoms with van der Waals surface area (Å²) in [6.45, 7) is 4.33. The Morgan fingerprint density at radius 3 is 2.91 bits per heavy atom. The van der Waals surface area contributed by atoms with E-state index in [0.717, 1.165) is 5.56 Å². The quantitative estimate of drug-likeness (QED) is 0.633. The van der Waals surface area contributed by atoms with Crippen LogP contribution in [0, 0.1) is 17.0 Å². The number of nitro groups is 1. The third-order valence-corrected chi connectivity index (χ3v) is 4.18. The molecule has 0 unspecified atom stereocenters. The van der Waals surface area contributed by atoms with Crippen LogP contribution in [0.5, 0.6) is 0 Å². The first-order chi connectivity index (χ1) is 10.9. The van der Waals surface area contributed by atoms with Gasteiger partial charge in [0.2, 0.25) is 5.82 Å². The molecule has 0 radical (unpaired) electrons. The highest BCUT2D eigenvalue weighted by Crippen LogP contribution is 2.37. The fourth-order valence-electron chi connectivity index (χ4n) is 2.68. The molecule has 1 aromatic carbocycles. The van der Waals surface area contributed by atoms with Crippen LogP contribution in [-0.2, 0) is 21.8 Å². The molecule has 1 fully saturated rings. The molecule has 0 N–H and O–H groups in total. The summed E-state index contributed by atoms with van der Waals surface area (Å²) < 4.78 is 13.5. The van der Waals surface area contributed by atoms with Crippen LogP contribution >= 0.6 is 11.6 Å². The second kappa shape index (κ2) is 5.92. The van der Waals surface area contributed by atoms with Gasteiger partial charge in [0.1, 0.15) is 12.3 Å². The summed E-state index contributed by atoms with van der Waals surface area (Å²) >= 11 is 6.22. The predicted octanol–water partition coefficient (Wildman–Crippen LogP) is 3.04. The molecule has 0 saturated carbocycles. The number of benzene rings is 1. The van der Waals surface area contributed by atoms with Gasteiger partial charge in [0.15, 0.2) is 5.79 Å². The van der Waals surface area contributed by atoms with Crippen LogP contribution < -0.4 is 0 Å². The summed E-state index contributed by atoms with van der Waals surface area (Å²) in [6.07, 6.45) is 1.16. The van der Waals surface area contributed by atoms with E-state index < -0.39 is 10.7 Å². The molecule has 1 aliphatic heterocycles. The zero-order valence-electron chi connectivity index (χ0n) is 12.7. The maximum atomic E-state index is 10.8. The first-order valence-electron chi connectivity index (χ1n) is 7.14.